The Morgan fingerprint density at radius 2 is 1.83 bits per heavy atom. The van der Waals surface area contributed by atoms with Crippen molar-refractivity contribution in [2.45, 2.75) is 20.3 Å². The second-order valence-electron chi connectivity index (χ2n) is 6.29. The zero-order valence-electron chi connectivity index (χ0n) is 16.4. The van der Waals surface area contributed by atoms with Crippen LogP contribution in [0.2, 0.25) is 0 Å². The van der Waals surface area contributed by atoms with E-state index in [-0.39, 0.29) is 12.4 Å². The van der Waals surface area contributed by atoms with Crippen molar-refractivity contribution in [1.82, 2.24) is 10.5 Å². The first-order chi connectivity index (χ1) is 14.1. The average molecular weight is 393 g/mol. The molecule has 0 saturated carbocycles. The summed E-state index contributed by atoms with van der Waals surface area (Å²) in [5, 5.41) is 9.14. The highest BCUT2D eigenvalue weighted by Crippen LogP contribution is 2.22. The lowest BCUT2D eigenvalue weighted by atomic mass is 10.1. The number of hydrogen-bond donors (Lipinski definition) is 2. The van der Waals surface area contributed by atoms with Gasteiger partial charge in [-0.1, -0.05) is 48.5 Å². The highest BCUT2D eigenvalue weighted by Gasteiger charge is 2.14. The SMILES string of the molecule is CCOc1ccccc1C(=O)NCC(=O)Nc1cc(-c2ccc(CC)cc2)no1. The van der Waals surface area contributed by atoms with Crippen LogP contribution in [-0.4, -0.2) is 30.1 Å². The molecule has 150 valence electrons. The molecule has 3 rings (SSSR count). The lowest BCUT2D eigenvalue weighted by Gasteiger charge is -2.10. The predicted octanol–water partition coefficient (Wildman–Crippen LogP) is 3.67. The van der Waals surface area contributed by atoms with E-state index in [0.29, 0.717) is 23.6 Å². The van der Waals surface area contributed by atoms with Crippen LogP contribution < -0.4 is 15.4 Å². The molecule has 7 heteroatoms. The molecule has 0 saturated heterocycles. The van der Waals surface area contributed by atoms with E-state index in [1.54, 1.807) is 30.3 Å². The monoisotopic (exact) mass is 393 g/mol. The van der Waals surface area contributed by atoms with Crippen molar-refractivity contribution in [2.24, 2.45) is 0 Å². The molecule has 0 aliphatic heterocycles. The number of hydrogen-bond acceptors (Lipinski definition) is 5. The van der Waals surface area contributed by atoms with Crippen LogP contribution in [0.1, 0.15) is 29.8 Å². The lowest BCUT2D eigenvalue weighted by Crippen LogP contribution is -2.33. The summed E-state index contributed by atoms with van der Waals surface area (Å²) in [5.74, 6) is -0.120. The second kappa shape index (κ2) is 9.54. The van der Waals surface area contributed by atoms with E-state index in [1.807, 2.05) is 31.2 Å². The molecule has 0 spiro atoms. The Morgan fingerprint density at radius 3 is 2.55 bits per heavy atom. The van der Waals surface area contributed by atoms with Crippen molar-refractivity contribution in [1.29, 1.82) is 0 Å². The van der Waals surface area contributed by atoms with Crippen LogP contribution in [0.15, 0.2) is 59.1 Å². The van der Waals surface area contributed by atoms with Gasteiger partial charge >= 0.3 is 0 Å². The van der Waals surface area contributed by atoms with Gasteiger partial charge in [0, 0.05) is 11.6 Å². The molecule has 0 radical (unpaired) electrons. The fourth-order valence-electron chi connectivity index (χ4n) is 2.75. The number of benzene rings is 2. The van der Waals surface area contributed by atoms with Gasteiger partial charge in [-0.15, -0.1) is 0 Å². The highest BCUT2D eigenvalue weighted by molar-refractivity contribution is 6.00. The standard InChI is InChI=1S/C22H23N3O4/c1-3-15-9-11-16(12-10-15)18-13-21(29-25-18)24-20(26)14-23-22(27)17-7-5-6-8-19(17)28-4-2/h5-13H,3-4,14H2,1-2H3,(H,23,27)(H,24,26). The maximum absolute atomic E-state index is 12.3. The smallest absolute Gasteiger partial charge is 0.255 e. The molecule has 2 amide bonds. The molecule has 1 aromatic heterocycles. The number of amides is 2. The van der Waals surface area contributed by atoms with E-state index in [1.165, 1.54) is 5.56 Å². The van der Waals surface area contributed by atoms with Gasteiger partial charge < -0.3 is 14.6 Å². The zero-order chi connectivity index (χ0) is 20.6. The minimum atomic E-state index is -0.420. The topological polar surface area (TPSA) is 93.5 Å². The normalized spacial score (nSPS) is 10.4. The number of aryl methyl sites for hydroxylation is 1. The maximum atomic E-state index is 12.3. The van der Waals surface area contributed by atoms with E-state index in [2.05, 4.69) is 22.7 Å². The van der Waals surface area contributed by atoms with Crippen LogP contribution >= 0.6 is 0 Å². The van der Waals surface area contributed by atoms with E-state index >= 15 is 0 Å². The van der Waals surface area contributed by atoms with Crippen molar-refractivity contribution in [3.8, 4) is 17.0 Å². The second-order valence-corrected chi connectivity index (χ2v) is 6.29. The molecule has 0 fully saturated rings. The third-order valence-corrected chi connectivity index (χ3v) is 4.27. The maximum Gasteiger partial charge on any atom is 0.255 e. The number of carbonyl (C=O) groups excluding carboxylic acids is 2. The third kappa shape index (κ3) is 5.22. The van der Waals surface area contributed by atoms with Gasteiger partial charge in [-0.2, -0.15) is 0 Å². The molecular formula is C22H23N3O4. The van der Waals surface area contributed by atoms with Crippen molar-refractivity contribution < 1.29 is 18.8 Å². The first-order valence-electron chi connectivity index (χ1n) is 9.46. The first kappa shape index (κ1) is 20.1. The number of nitrogens with one attached hydrogen (secondary N) is 2. The van der Waals surface area contributed by atoms with Crippen LogP contribution in [0.5, 0.6) is 5.75 Å². The molecule has 29 heavy (non-hydrogen) atoms. The lowest BCUT2D eigenvalue weighted by molar-refractivity contribution is -0.115. The third-order valence-electron chi connectivity index (χ3n) is 4.27. The van der Waals surface area contributed by atoms with E-state index in [4.69, 9.17) is 9.26 Å². The summed E-state index contributed by atoms with van der Waals surface area (Å²) in [7, 11) is 0. The minimum absolute atomic E-state index is 0.208. The molecule has 0 aliphatic carbocycles. The zero-order valence-corrected chi connectivity index (χ0v) is 16.4. The Hall–Kier alpha value is -3.61. The Labute approximate surface area is 169 Å². The molecule has 0 atom stereocenters. The van der Waals surface area contributed by atoms with Gasteiger partial charge in [0.25, 0.3) is 5.91 Å². The summed E-state index contributed by atoms with van der Waals surface area (Å²) >= 11 is 0. The predicted molar refractivity (Wildman–Crippen MR) is 110 cm³/mol. The van der Waals surface area contributed by atoms with Gasteiger partial charge in [-0.25, -0.2) is 0 Å². The van der Waals surface area contributed by atoms with Gasteiger partial charge in [0.2, 0.25) is 11.8 Å². The first-order valence-corrected chi connectivity index (χ1v) is 9.46. The quantitative estimate of drug-likeness (QED) is 0.609. The van der Waals surface area contributed by atoms with Gasteiger partial charge in [0.1, 0.15) is 11.4 Å². The number of anilines is 1. The van der Waals surface area contributed by atoms with Gasteiger partial charge in [0.15, 0.2) is 0 Å². The van der Waals surface area contributed by atoms with Crippen LogP contribution in [0.4, 0.5) is 5.88 Å². The Balaban J connectivity index is 1.56. The summed E-state index contributed by atoms with van der Waals surface area (Å²) in [6, 6.07) is 16.5. The average Bonchev–Trinajstić information content (AvgIpc) is 3.21. The fraction of sp³-hybridized carbons (Fsp3) is 0.227. The molecule has 1 heterocycles. The molecule has 2 N–H and O–H groups in total. The van der Waals surface area contributed by atoms with Crippen LogP contribution in [0.25, 0.3) is 11.3 Å². The van der Waals surface area contributed by atoms with Crippen molar-refractivity contribution in [3.05, 3.63) is 65.7 Å². The summed E-state index contributed by atoms with van der Waals surface area (Å²) in [6.45, 7) is 4.17. The molecular weight excluding hydrogens is 370 g/mol. The van der Waals surface area contributed by atoms with Gasteiger partial charge in [-0.3, -0.25) is 14.9 Å². The van der Waals surface area contributed by atoms with Crippen molar-refractivity contribution in [2.75, 3.05) is 18.5 Å². The van der Waals surface area contributed by atoms with Crippen LogP contribution in [-0.2, 0) is 11.2 Å². The Bertz CT molecular complexity index is 980. The van der Waals surface area contributed by atoms with E-state index in [0.717, 1.165) is 12.0 Å². The van der Waals surface area contributed by atoms with Crippen LogP contribution in [0.3, 0.4) is 0 Å². The minimum Gasteiger partial charge on any atom is -0.493 e. The summed E-state index contributed by atoms with van der Waals surface area (Å²) in [4.78, 5) is 24.5. The van der Waals surface area contributed by atoms with E-state index < -0.39 is 11.8 Å². The number of para-hydroxylation sites is 1. The number of nitrogens with zero attached hydrogens (tertiary/aromatic N) is 1. The highest BCUT2D eigenvalue weighted by atomic mass is 16.5. The Kier molecular flexibility index (Phi) is 6.63. The number of carbonyl (C=O) groups is 2. The summed E-state index contributed by atoms with van der Waals surface area (Å²) < 4.78 is 10.6. The van der Waals surface area contributed by atoms with Crippen molar-refractivity contribution >= 4 is 17.7 Å². The number of aromatic nitrogens is 1. The fourth-order valence-corrected chi connectivity index (χ4v) is 2.75. The summed E-state index contributed by atoms with van der Waals surface area (Å²) in [6.07, 6.45) is 0.959. The van der Waals surface area contributed by atoms with E-state index in [9.17, 15) is 9.59 Å². The molecule has 7 nitrogen and oxygen atoms in total. The van der Waals surface area contributed by atoms with Crippen molar-refractivity contribution in [3.63, 3.8) is 0 Å². The number of rotatable bonds is 8. The molecule has 0 bridgehead atoms. The molecule has 2 aromatic carbocycles. The summed E-state index contributed by atoms with van der Waals surface area (Å²) in [5.41, 5.74) is 3.12. The van der Waals surface area contributed by atoms with Gasteiger partial charge in [0.05, 0.1) is 18.7 Å². The Morgan fingerprint density at radius 1 is 1.07 bits per heavy atom. The molecule has 0 unspecified atom stereocenters. The van der Waals surface area contributed by atoms with Crippen LogP contribution in [0, 0.1) is 0 Å². The molecule has 0 aliphatic rings. The van der Waals surface area contributed by atoms with Gasteiger partial charge in [-0.05, 0) is 31.0 Å². The number of ether oxygens (including phenoxy) is 1. The largest absolute Gasteiger partial charge is 0.493 e. The molecule has 3 aromatic rings.